The average molecular weight is 371 g/mol. The Bertz CT molecular complexity index is 860. The lowest BCUT2D eigenvalue weighted by atomic mass is 10.2. The third-order valence-electron chi connectivity index (χ3n) is 4.47. The second-order valence-corrected chi connectivity index (χ2v) is 7.55. The van der Waals surface area contributed by atoms with E-state index in [0.29, 0.717) is 13.1 Å². The Morgan fingerprint density at radius 3 is 2.54 bits per heavy atom. The lowest BCUT2D eigenvalue weighted by molar-refractivity contribution is -0.131. The molecule has 0 N–H and O–H groups in total. The van der Waals surface area contributed by atoms with E-state index >= 15 is 0 Å². The Morgan fingerprint density at radius 1 is 1.15 bits per heavy atom. The second-order valence-electron chi connectivity index (χ2n) is 6.49. The molecule has 1 heterocycles. The van der Waals surface area contributed by atoms with E-state index in [9.17, 15) is 9.18 Å². The van der Waals surface area contributed by atoms with Crippen LogP contribution in [-0.4, -0.2) is 41.3 Å². The molecule has 3 rings (SSSR count). The summed E-state index contributed by atoms with van der Waals surface area (Å²) in [6.07, 6.45) is 0. The zero-order valence-corrected chi connectivity index (χ0v) is 16.0. The molecule has 26 heavy (non-hydrogen) atoms. The Kier molecular flexibility index (Phi) is 5.64. The van der Waals surface area contributed by atoms with E-state index in [1.807, 2.05) is 30.1 Å². The maximum atomic E-state index is 13.0. The van der Waals surface area contributed by atoms with Crippen molar-refractivity contribution in [3.8, 4) is 0 Å². The highest BCUT2D eigenvalue weighted by atomic mass is 32.1. The van der Waals surface area contributed by atoms with Crippen molar-refractivity contribution < 1.29 is 9.18 Å². The summed E-state index contributed by atoms with van der Waals surface area (Å²) >= 11 is 1.66. The normalized spacial score (nSPS) is 12.5. The van der Waals surface area contributed by atoms with Crippen molar-refractivity contribution in [2.75, 3.05) is 20.6 Å². The van der Waals surface area contributed by atoms with Crippen LogP contribution in [-0.2, 0) is 11.3 Å². The molecule has 0 aliphatic rings. The molecule has 0 spiro atoms. The van der Waals surface area contributed by atoms with E-state index in [2.05, 4.69) is 18.0 Å². The van der Waals surface area contributed by atoms with Gasteiger partial charge >= 0.3 is 0 Å². The van der Waals surface area contributed by atoms with Crippen molar-refractivity contribution in [2.24, 2.45) is 0 Å². The van der Waals surface area contributed by atoms with Gasteiger partial charge in [-0.25, -0.2) is 9.37 Å². The Balaban J connectivity index is 1.61. The number of thiazole rings is 1. The molecule has 136 valence electrons. The number of amides is 1. The zero-order valence-electron chi connectivity index (χ0n) is 15.1. The van der Waals surface area contributed by atoms with Crippen molar-refractivity contribution in [1.82, 2.24) is 14.8 Å². The summed E-state index contributed by atoms with van der Waals surface area (Å²) in [7, 11) is 3.70. The smallest absolute Gasteiger partial charge is 0.236 e. The first-order chi connectivity index (χ1) is 12.4. The number of nitrogens with zero attached hydrogens (tertiary/aromatic N) is 3. The minimum Gasteiger partial charge on any atom is -0.340 e. The highest BCUT2D eigenvalue weighted by Crippen LogP contribution is 2.28. The molecule has 0 fully saturated rings. The van der Waals surface area contributed by atoms with Crippen molar-refractivity contribution in [2.45, 2.75) is 19.5 Å². The number of carbonyl (C=O) groups is 1. The Hall–Kier alpha value is -2.31. The van der Waals surface area contributed by atoms with Crippen LogP contribution < -0.4 is 0 Å². The predicted octanol–water partition coefficient (Wildman–Crippen LogP) is 4.09. The van der Waals surface area contributed by atoms with Gasteiger partial charge < -0.3 is 4.90 Å². The molecule has 1 aromatic heterocycles. The third kappa shape index (κ3) is 4.26. The largest absolute Gasteiger partial charge is 0.340 e. The van der Waals surface area contributed by atoms with Gasteiger partial charge in [0.25, 0.3) is 0 Å². The lowest BCUT2D eigenvalue weighted by Crippen LogP contribution is -2.37. The molecular weight excluding hydrogens is 349 g/mol. The topological polar surface area (TPSA) is 36.4 Å². The number of likely N-dealkylation sites (N-methyl/N-ethyl adjacent to an activating group) is 2. The fourth-order valence-electron chi connectivity index (χ4n) is 2.68. The Morgan fingerprint density at radius 2 is 1.85 bits per heavy atom. The summed E-state index contributed by atoms with van der Waals surface area (Å²) in [5.74, 6) is -0.253. The van der Waals surface area contributed by atoms with Crippen LogP contribution in [0.4, 0.5) is 4.39 Å². The average Bonchev–Trinajstić information content (AvgIpc) is 3.06. The molecule has 0 saturated heterocycles. The molecule has 1 amide bonds. The molecule has 0 unspecified atom stereocenters. The summed E-state index contributed by atoms with van der Waals surface area (Å²) in [6.45, 7) is 2.82. The quantitative estimate of drug-likeness (QED) is 0.655. The van der Waals surface area contributed by atoms with Gasteiger partial charge in [-0.15, -0.1) is 11.3 Å². The first-order valence-corrected chi connectivity index (χ1v) is 9.30. The second kappa shape index (κ2) is 7.93. The van der Waals surface area contributed by atoms with E-state index in [4.69, 9.17) is 0 Å². The number of carbonyl (C=O) groups excluding carboxylic acids is 1. The van der Waals surface area contributed by atoms with Crippen LogP contribution in [0.25, 0.3) is 10.2 Å². The standard InChI is InChI=1S/C20H22FN3OS/c1-14(20-22-17-6-4-5-7-18(17)26-20)23(2)13-19(25)24(3)12-15-8-10-16(21)11-9-15/h4-11,14H,12-13H2,1-3H3/t14-/m1/s1. The Labute approximate surface area is 156 Å². The maximum absolute atomic E-state index is 13.0. The number of aromatic nitrogens is 1. The van der Waals surface area contributed by atoms with Gasteiger partial charge in [0.15, 0.2) is 0 Å². The summed E-state index contributed by atoms with van der Waals surface area (Å²) in [4.78, 5) is 20.9. The fourth-order valence-corrected chi connectivity index (χ4v) is 3.76. The van der Waals surface area contributed by atoms with E-state index in [-0.39, 0.29) is 17.8 Å². The summed E-state index contributed by atoms with van der Waals surface area (Å²) in [6, 6.07) is 14.3. The molecule has 0 bridgehead atoms. The van der Waals surface area contributed by atoms with Crippen LogP contribution in [0.15, 0.2) is 48.5 Å². The molecule has 0 saturated carbocycles. The van der Waals surface area contributed by atoms with Crippen molar-refractivity contribution in [1.29, 1.82) is 0 Å². The first-order valence-electron chi connectivity index (χ1n) is 8.48. The molecule has 1 atom stereocenters. The number of para-hydroxylation sites is 1. The molecule has 2 aromatic carbocycles. The van der Waals surface area contributed by atoms with Gasteiger partial charge in [-0.1, -0.05) is 24.3 Å². The number of hydrogen-bond donors (Lipinski definition) is 0. The van der Waals surface area contributed by atoms with Crippen LogP contribution in [0.2, 0.25) is 0 Å². The van der Waals surface area contributed by atoms with Crippen LogP contribution in [0.1, 0.15) is 23.5 Å². The molecule has 0 aliphatic carbocycles. The molecule has 3 aromatic rings. The highest BCUT2D eigenvalue weighted by molar-refractivity contribution is 7.18. The van der Waals surface area contributed by atoms with Gasteiger partial charge in [-0.3, -0.25) is 9.69 Å². The van der Waals surface area contributed by atoms with E-state index in [1.165, 1.54) is 12.1 Å². The summed E-state index contributed by atoms with van der Waals surface area (Å²) in [5.41, 5.74) is 1.90. The third-order valence-corrected chi connectivity index (χ3v) is 5.68. The van der Waals surface area contributed by atoms with Crippen molar-refractivity contribution in [3.05, 3.63) is 64.9 Å². The highest BCUT2D eigenvalue weighted by Gasteiger charge is 2.20. The van der Waals surface area contributed by atoms with Crippen LogP contribution >= 0.6 is 11.3 Å². The van der Waals surface area contributed by atoms with Crippen molar-refractivity contribution >= 4 is 27.5 Å². The monoisotopic (exact) mass is 371 g/mol. The SMILES string of the molecule is C[C@H](c1nc2ccccc2s1)N(C)CC(=O)N(C)Cc1ccc(F)cc1. The fraction of sp³-hybridized carbons (Fsp3) is 0.300. The van der Waals surface area contributed by atoms with E-state index in [0.717, 1.165) is 20.8 Å². The molecule has 0 aliphatic heterocycles. The number of rotatable bonds is 6. The maximum Gasteiger partial charge on any atom is 0.236 e. The lowest BCUT2D eigenvalue weighted by Gasteiger charge is -2.25. The van der Waals surface area contributed by atoms with Crippen LogP contribution in [0.5, 0.6) is 0 Å². The van der Waals surface area contributed by atoms with E-state index < -0.39 is 0 Å². The van der Waals surface area contributed by atoms with Crippen molar-refractivity contribution in [3.63, 3.8) is 0 Å². The van der Waals surface area contributed by atoms with Gasteiger partial charge in [0, 0.05) is 13.6 Å². The molecule has 0 radical (unpaired) electrons. The molecule has 4 nitrogen and oxygen atoms in total. The zero-order chi connectivity index (χ0) is 18.7. The number of halogens is 1. The van der Waals surface area contributed by atoms with Gasteiger partial charge in [0.05, 0.1) is 22.8 Å². The number of fused-ring (bicyclic) bond motifs is 1. The van der Waals surface area contributed by atoms with Gasteiger partial charge in [-0.2, -0.15) is 0 Å². The summed E-state index contributed by atoms with van der Waals surface area (Å²) in [5, 5.41) is 1.00. The number of benzene rings is 2. The van der Waals surface area contributed by atoms with Crippen LogP contribution in [0, 0.1) is 5.82 Å². The number of hydrogen-bond acceptors (Lipinski definition) is 4. The molecular formula is C20H22FN3OS. The predicted molar refractivity (Wildman–Crippen MR) is 104 cm³/mol. The summed E-state index contributed by atoms with van der Waals surface area (Å²) < 4.78 is 14.1. The van der Waals surface area contributed by atoms with E-state index in [1.54, 1.807) is 35.4 Å². The van der Waals surface area contributed by atoms with Crippen LogP contribution in [0.3, 0.4) is 0 Å². The van der Waals surface area contributed by atoms with Gasteiger partial charge in [0.2, 0.25) is 5.91 Å². The minimum absolute atomic E-state index is 0.0183. The van der Waals surface area contributed by atoms with Gasteiger partial charge in [0.1, 0.15) is 10.8 Å². The first kappa shape index (κ1) is 18.5. The minimum atomic E-state index is -0.271. The van der Waals surface area contributed by atoms with Gasteiger partial charge in [-0.05, 0) is 43.8 Å². The molecule has 6 heteroatoms.